The van der Waals surface area contributed by atoms with Crippen LogP contribution in [0.15, 0.2) is 18.3 Å². The molecule has 0 N–H and O–H groups in total. The molecule has 1 aromatic rings. The van der Waals surface area contributed by atoms with Gasteiger partial charge in [-0.2, -0.15) is 0 Å². The van der Waals surface area contributed by atoms with Crippen molar-refractivity contribution in [1.29, 1.82) is 0 Å². The van der Waals surface area contributed by atoms with E-state index >= 15 is 0 Å². The lowest BCUT2D eigenvalue weighted by molar-refractivity contribution is 0.0659. The third-order valence-corrected chi connectivity index (χ3v) is 3.75. The number of ether oxygens (including phenoxy) is 1. The molecular weight excluding hydrogens is 242 g/mol. The summed E-state index contributed by atoms with van der Waals surface area (Å²) in [4.78, 5) is 20.6. The Morgan fingerprint density at radius 3 is 2.63 bits per heavy atom. The molecule has 2 heterocycles. The quantitative estimate of drug-likeness (QED) is 0.823. The van der Waals surface area contributed by atoms with Gasteiger partial charge in [0.05, 0.1) is 12.7 Å². The van der Waals surface area contributed by atoms with Gasteiger partial charge in [0.15, 0.2) is 0 Å². The van der Waals surface area contributed by atoms with E-state index in [0.717, 1.165) is 25.9 Å². The number of pyridine rings is 1. The average Bonchev–Trinajstić information content (AvgIpc) is 2.46. The Balaban J connectivity index is 2.01. The van der Waals surface area contributed by atoms with E-state index in [1.807, 2.05) is 11.9 Å². The lowest BCUT2D eigenvalue weighted by atomic mass is 10.0. The van der Waals surface area contributed by atoms with Crippen LogP contribution in [0.5, 0.6) is 5.88 Å². The maximum Gasteiger partial charge on any atom is 0.255 e. The van der Waals surface area contributed by atoms with Gasteiger partial charge >= 0.3 is 0 Å². The number of hydrogen-bond acceptors (Lipinski definition) is 4. The molecule has 1 saturated heterocycles. The predicted octanol–water partition coefficient (Wildman–Crippen LogP) is 1.26. The molecule has 0 atom stereocenters. The van der Waals surface area contributed by atoms with Crippen molar-refractivity contribution < 1.29 is 9.53 Å². The van der Waals surface area contributed by atoms with Gasteiger partial charge in [-0.05, 0) is 39.0 Å². The summed E-state index contributed by atoms with van der Waals surface area (Å²) < 4.78 is 5.00. The molecule has 1 amide bonds. The van der Waals surface area contributed by atoms with Crippen molar-refractivity contribution in [3.8, 4) is 5.88 Å². The topological polar surface area (TPSA) is 45.7 Å². The standard InChI is InChI=1S/C14H21N3O2/c1-16-8-6-12(7-9-16)17(2)14(18)11-4-5-13(19-3)15-10-11/h4-5,10,12H,6-9H2,1-3H3. The number of likely N-dealkylation sites (tertiary alicyclic amines) is 1. The molecule has 2 rings (SSSR count). The number of methoxy groups -OCH3 is 1. The lowest BCUT2D eigenvalue weighted by Gasteiger charge is -2.35. The Hall–Kier alpha value is -1.62. The van der Waals surface area contributed by atoms with Gasteiger partial charge in [-0.25, -0.2) is 4.98 Å². The van der Waals surface area contributed by atoms with Crippen LogP contribution < -0.4 is 4.74 Å². The Labute approximate surface area is 114 Å². The van der Waals surface area contributed by atoms with Crippen LogP contribution in [0.4, 0.5) is 0 Å². The third-order valence-electron chi connectivity index (χ3n) is 3.75. The van der Waals surface area contributed by atoms with E-state index in [-0.39, 0.29) is 5.91 Å². The highest BCUT2D eigenvalue weighted by atomic mass is 16.5. The fourth-order valence-corrected chi connectivity index (χ4v) is 2.38. The van der Waals surface area contributed by atoms with Gasteiger partial charge in [-0.1, -0.05) is 0 Å². The minimum atomic E-state index is 0.0321. The SMILES string of the molecule is COc1ccc(C(=O)N(C)C2CCN(C)CC2)cn1. The first kappa shape index (κ1) is 13.8. The van der Waals surface area contributed by atoms with Gasteiger partial charge in [-0.15, -0.1) is 0 Å². The van der Waals surface area contributed by atoms with E-state index in [1.54, 1.807) is 25.4 Å². The molecule has 1 aromatic heterocycles. The van der Waals surface area contributed by atoms with Crippen LogP contribution in [-0.2, 0) is 0 Å². The smallest absolute Gasteiger partial charge is 0.255 e. The highest BCUT2D eigenvalue weighted by Crippen LogP contribution is 2.17. The Kier molecular flexibility index (Phi) is 4.37. The molecule has 1 fully saturated rings. The zero-order chi connectivity index (χ0) is 13.8. The minimum Gasteiger partial charge on any atom is -0.481 e. The zero-order valence-corrected chi connectivity index (χ0v) is 11.8. The van der Waals surface area contributed by atoms with Crippen LogP contribution in [0.2, 0.25) is 0 Å². The van der Waals surface area contributed by atoms with Crippen LogP contribution in [0.3, 0.4) is 0 Å². The fraction of sp³-hybridized carbons (Fsp3) is 0.571. The largest absolute Gasteiger partial charge is 0.481 e. The van der Waals surface area contributed by atoms with Gasteiger partial charge in [0.25, 0.3) is 5.91 Å². The van der Waals surface area contributed by atoms with E-state index < -0.39 is 0 Å². The number of amides is 1. The normalized spacial score (nSPS) is 17.2. The molecule has 1 aliphatic heterocycles. The number of rotatable bonds is 3. The lowest BCUT2D eigenvalue weighted by Crippen LogP contribution is -2.44. The molecule has 0 saturated carbocycles. The highest BCUT2D eigenvalue weighted by molar-refractivity contribution is 5.94. The predicted molar refractivity (Wildman–Crippen MR) is 73.4 cm³/mol. The summed E-state index contributed by atoms with van der Waals surface area (Å²) in [6.07, 6.45) is 3.64. The zero-order valence-electron chi connectivity index (χ0n) is 11.8. The van der Waals surface area contributed by atoms with E-state index in [0.29, 0.717) is 17.5 Å². The molecule has 0 aromatic carbocycles. The Bertz CT molecular complexity index is 425. The second-order valence-electron chi connectivity index (χ2n) is 5.04. The first-order valence-corrected chi connectivity index (χ1v) is 6.57. The molecule has 104 valence electrons. The van der Waals surface area contributed by atoms with Crippen molar-refractivity contribution in [3.05, 3.63) is 23.9 Å². The molecule has 0 spiro atoms. The highest BCUT2D eigenvalue weighted by Gasteiger charge is 2.24. The van der Waals surface area contributed by atoms with Crippen LogP contribution in [0, 0.1) is 0 Å². The van der Waals surface area contributed by atoms with Crippen LogP contribution in [0.25, 0.3) is 0 Å². The second kappa shape index (κ2) is 6.02. The van der Waals surface area contributed by atoms with Gasteiger partial charge in [-0.3, -0.25) is 4.79 Å². The molecule has 5 nitrogen and oxygen atoms in total. The van der Waals surface area contributed by atoms with Crippen molar-refractivity contribution in [2.45, 2.75) is 18.9 Å². The summed E-state index contributed by atoms with van der Waals surface area (Å²) >= 11 is 0. The van der Waals surface area contributed by atoms with Gasteiger partial charge < -0.3 is 14.5 Å². The van der Waals surface area contributed by atoms with Crippen molar-refractivity contribution in [2.24, 2.45) is 0 Å². The summed E-state index contributed by atoms with van der Waals surface area (Å²) in [5.41, 5.74) is 0.613. The summed E-state index contributed by atoms with van der Waals surface area (Å²) in [6.45, 7) is 2.09. The van der Waals surface area contributed by atoms with E-state index in [1.165, 1.54) is 0 Å². The number of piperidine rings is 1. The summed E-state index contributed by atoms with van der Waals surface area (Å²) in [7, 11) is 5.56. The van der Waals surface area contributed by atoms with Crippen molar-refractivity contribution in [3.63, 3.8) is 0 Å². The summed E-state index contributed by atoms with van der Waals surface area (Å²) in [5, 5.41) is 0. The summed E-state index contributed by atoms with van der Waals surface area (Å²) in [5.74, 6) is 0.559. The molecule has 0 aliphatic carbocycles. The maximum atomic E-state index is 12.4. The minimum absolute atomic E-state index is 0.0321. The Morgan fingerprint density at radius 1 is 1.42 bits per heavy atom. The van der Waals surface area contributed by atoms with Crippen molar-refractivity contribution in [2.75, 3.05) is 34.3 Å². The van der Waals surface area contributed by atoms with Crippen molar-refractivity contribution >= 4 is 5.91 Å². The van der Waals surface area contributed by atoms with Crippen LogP contribution >= 0.6 is 0 Å². The molecule has 0 unspecified atom stereocenters. The number of aromatic nitrogens is 1. The number of nitrogens with zero attached hydrogens (tertiary/aromatic N) is 3. The monoisotopic (exact) mass is 263 g/mol. The van der Waals surface area contributed by atoms with Crippen molar-refractivity contribution in [1.82, 2.24) is 14.8 Å². The molecule has 0 bridgehead atoms. The maximum absolute atomic E-state index is 12.4. The molecule has 19 heavy (non-hydrogen) atoms. The van der Waals surface area contributed by atoms with E-state index in [9.17, 15) is 4.79 Å². The summed E-state index contributed by atoms with van der Waals surface area (Å²) in [6, 6.07) is 3.81. The van der Waals surface area contributed by atoms with Gasteiger partial charge in [0, 0.05) is 25.4 Å². The van der Waals surface area contributed by atoms with E-state index in [2.05, 4.69) is 16.9 Å². The van der Waals surface area contributed by atoms with E-state index in [4.69, 9.17) is 4.74 Å². The van der Waals surface area contributed by atoms with Gasteiger partial charge in [0.2, 0.25) is 5.88 Å². The van der Waals surface area contributed by atoms with Crippen LogP contribution in [-0.4, -0.2) is 61.0 Å². The van der Waals surface area contributed by atoms with Gasteiger partial charge in [0.1, 0.15) is 0 Å². The molecule has 1 aliphatic rings. The number of carbonyl (C=O) groups is 1. The Morgan fingerprint density at radius 2 is 2.11 bits per heavy atom. The second-order valence-corrected chi connectivity index (χ2v) is 5.04. The van der Waals surface area contributed by atoms with Crippen LogP contribution in [0.1, 0.15) is 23.2 Å². The molecule has 5 heteroatoms. The molecular formula is C14H21N3O2. The third kappa shape index (κ3) is 3.23. The first-order valence-electron chi connectivity index (χ1n) is 6.57. The average molecular weight is 263 g/mol. The molecule has 0 radical (unpaired) electrons. The first-order chi connectivity index (χ1) is 9.11. The number of hydrogen-bond donors (Lipinski definition) is 0. The number of carbonyl (C=O) groups excluding carboxylic acids is 1. The fourth-order valence-electron chi connectivity index (χ4n) is 2.38.